The second-order valence-corrected chi connectivity index (χ2v) is 5.60. The van der Waals surface area contributed by atoms with Gasteiger partial charge < -0.3 is 10.1 Å². The Morgan fingerprint density at radius 2 is 2.19 bits per heavy atom. The molecule has 0 bridgehead atoms. The zero-order valence-electron chi connectivity index (χ0n) is 11.5. The molecule has 0 radical (unpaired) electrons. The van der Waals surface area contributed by atoms with Crippen molar-refractivity contribution in [2.45, 2.75) is 32.0 Å². The van der Waals surface area contributed by atoms with Gasteiger partial charge in [-0.1, -0.05) is 23.7 Å². The van der Waals surface area contributed by atoms with Crippen LogP contribution in [-0.4, -0.2) is 11.0 Å². The summed E-state index contributed by atoms with van der Waals surface area (Å²) in [5.74, 6) is -0.363. The summed E-state index contributed by atoms with van der Waals surface area (Å²) in [6.07, 6.45) is 3.91. The van der Waals surface area contributed by atoms with E-state index in [1.165, 1.54) is 12.8 Å². The van der Waals surface area contributed by atoms with Crippen molar-refractivity contribution < 1.29 is 9.13 Å². The number of ether oxygens (including phenoxy) is 1. The van der Waals surface area contributed by atoms with Crippen molar-refractivity contribution in [1.29, 1.82) is 0 Å². The van der Waals surface area contributed by atoms with Crippen LogP contribution in [-0.2, 0) is 13.2 Å². The molecule has 1 aromatic carbocycles. The van der Waals surface area contributed by atoms with Crippen LogP contribution in [0.25, 0.3) is 0 Å². The quantitative estimate of drug-likeness (QED) is 0.883. The fourth-order valence-electron chi connectivity index (χ4n) is 2.02. The maximum absolute atomic E-state index is 14.3. The molecule has 1 fully saturated rings. The van der Waals surface area contributed by atoms with Crippen LogP contribution in [0.1, 0.15) is 24.0 Å². The lowest BCUT2D eigenvalue weighted by Crippen LogP contribution is -2.16. The van der Waals surface area contributed by atoms with Gasteiger partial charge in [-0.2, -0.15) is 0 Å². The van der Waals surface area contributed by atoms with Crippen molar-refractivity contribution in [3.63, 3.8) is 0 Å². The molecule has 0 unspecified atom stereocenters. The Bertz CT molecular complexity index is 631. The second-order valence-electron chi connectivity index (χ2n) is 5.16. The van der Waals surface area contributed by atoms with Crippen LogP contribution in [0, 0.1) is 5.82 Å². The summed E-state index contributed by atoms with van der Waals surface area (Å²) in [4.78, 5) is 3.96. The van der Waals surface area contributed by atoms with Crippen molar-refractivity contribution in [2.24, 2.45) is 0 Å². The lowest BCUT2D eigenvalue weighted by molar-refractivity contribution is 0.276. The molecule has 21 heavy (non-hydrogen) atoms. The van der Waals surface area contributed by atoms with Gasteiger partial charge >= 0.3 is 0 Å². The Balaban J connectivity index is 1.65. The number of benzene rings is 1. The molecule has 110 valence electrons. The summed E-state index contributed by atoms with van der Waals surface area (Å²) in [5, 5.41) is 3.91. The number of rotatable bonds is 6. The van der Waals surface area contributed by atoms with Gasteiger partial charge in [0.1, 0.15) is 6.61 Å². The first-order chi connectivity index (χ1) is 10.2. The van der Waals surface area contributed by atoms with E-state index in [1.807, 2.05) is 12.1 Å². The highest BCUT2D eigenvalue weighted by molar-refractivity contribution is 6.30. The van der Waals surface area contributed by atoms with Crippen LogP contribution in [0.4, 0.5) is 4.39 Å². The van der Waals surface area contributed by atoms with Crippen molar-refractivity contribution in [3.05, 3.63) is 58.5 Å². The highest BCUT2D eigenvalue weighted by atomic mass is 35.5. The number of hydrogen-bond donors (Lipinski definition) is 1. The Morgan fingerprint density at radius 3 is 2.95 bits per heavy atom. The summed E-state index contributed by atoms with van der Waals surface area (Å²) >= 11 is 5.91. The van der Waals surface area contributed by atoms with Crippen LogP contribution >= 0.6 is 11.6 Å². The van der Waals surface area contributed by atoms with E-state index in [-0.39, 0.29) is 12.5 Å². The van der Waals surface area contributed by atoms with E-state index in [0.29, 0.717) is 23.2 Å². The van der Waals surface area contributed by atoms with Crippen LogP contribution in [0.3, 0.4) is 0 Å². The van der Waals surface area contributed by atoms with Crippen molar-refractivity contribution in [2.75, 3.05) is 0 Å². The van der Waals surface area contributed by atoms with Gasteiger partial charge in [0.25, 0.3) is 5.88 Å². The Kier molecular flexibility index (Phi) is 4.36. The summed E-state index contributed by atoms with van der Waals surface area (Å²) in [5.41, 5.74) is 1.46. The fourth-order valence-corrected chi connectivity index (χ4v) is 2.23. The van der Waals surface area contributed by atoms with E-state index in [4.69, 9.17) is 16.3 Å². The first-order valence-electron chi connectivity index (χ1n) is 6.96. The van der Waals surface area contributed by atoms with E-state index < -0.39 is 5.82 Å². The zero-order chi connectivity index (χ0) is 14.7. The minimum atomic E-state index is -0.396. The average Bonchev–Trinajstić information content (AvgIpc) is 3.29. The summed E-state index contributed by atoms with van der Waals surface area (Å²) in [6, 6.07) is 9.50. The Labute approximate surface area is 128 Å². The van der Waals surface area contributed by atoms with E-state index in [9.17, 15) is 4.39 Å². The lowest BCUT2D eigenvalue weighted by Gasteiger charge is -2.10. The number of nitrogens with one attached hydrogen (secondary N) is 1. The van der Waals surface area contributed by atoms with Crippen molar-refractivity contribution in [1.82, 2.24) is 10.3 Å². The molecule has 1 aliphatic rings. The molecular formula is C16H16ClFN2O. The molecule has 0 spiro atoms. The van der Waals surface area contributed by atoms with Gasteiger partial charge in [0, 0.05) is 29.4 Å². The molecule has 1 saturated carbocycles. The van der Waals surface area contributed by atoms with Crippen molar-refractivity contribution in [3.8, 4) is 5.88 Å². The summed E-state index contributed by atoms with van der Waals surface area (Å²) < 4.78 is 19.7. The van der Waals surface area contributed by atoms with E-state index in [1.54, 1.807) is 24.4 Å². The first-order valence-corrected chi connectivity index (χ1v) is 7.34. The number of halogens is 2. The van der Waals surface area contributed by atoms with Gasteiger partial charge in [0.05, 0.1) is 0 Å². The van der Waals surface area contributed by atoms with Crippen LogP contribution in [0.2, 0.25) is 5.02 Å². The Hall–Kier alpha value is -1.65. The second kappa shape index (κ2) is 6.41. The molecule has 5 heteroatoms. The van der Waals surface area contributed by atoms with Crippen LogP contribution in [0.15, 0.2) is 36.5 Å². The standard InChI is InChI=1S/C16H16ClFN2O/c17-13-3-1-2-11(8-13)10-21-16-15(18)12(6-7-19-16)9-20-14-4-5-14/h1-3,6-8,14,20H,4-5,9-10H2. The maximum atomic E-state index is 14.3. The van der Waals surface area contributed by atoms with Gasteiger partial charge in [-0.05, 0) is 36.6 Å². The fraction of sp³-hybridized carbons (Fsp3) is 0.312. The minimum Gasteiger partial charge on any atom is -0.471 e. The predicted octanol–water partition coefficient (Wildman–Crippen LogP) is 3.71. The van der Waals surface area contributed by atoms with Crippen LogP contribution in [0.5, 0.6) is 5.88 Å². The van der Waals surface area contributed by atoms with E-state index in [2.05, 4.69) is 10.3 Å². The summed E-state index contributed by atoms with van der Waals surface area (Å²) in [6.45, 7) is 0.747. The SMILES string of the molecule is Fc1c(CNC2CC2)ccnc1OCc1cccc(Cl)c1. The van der Waals surface area contributed by atoms with Gasteiger partial charge in [0.15, 0.2) is 5.82 Å². The lowest BCUT2D eigenvalue weighted by atomic mass is 10.2. The third-order valence-electron chi connectivity index (χ3n) is 3.36. The first kappa shape index (κ1) is 14.3. The molecular weight excluding hydrogens is 291 g/mol. The third kappa shape index (κ3) is 3.93. The number of nitrogens with zero attached hydrogens (tertiary/aromatic N) is 1. The summed E-state index contributed by atoms with van der Waals surface area (Å²) in [7, 11) is 0. The van der Waals surface area contributed by atoms with Gasteiger partial charge in [-0.15, -0.1) is 0 Å². The largest absolute Gasteiger partial charge is 0.471 e. The molecule has 3 nitrogen and oxygen atoms in total. The minimum absolute atomic E-state index is 0.0325. The molecule has 2 aromatic rings. The molecule has 0 atom stereocenters. The average molecular weight is 307 g/mol. The number of pyridine rings is 1. The van der Waals surface area contributed by atoms with Crippen LogP contribution < -0.4 is 10.1 Å². The smallest absolute Gasteiger partial charge is 0.251 e. The predicted molar refractivity (Wildman–Crippen MR) is 79.8 cm³/mol. The van der Waals surface area contributed by atoms with Gasteiger partial charge in [-0.3, -0.25) is 0 Å². The molecule has 0 aliphatic heterocycles. The molecule has 1 aliphatic carbocycles. The molecule has 3 rings (SSSR count). The zero-order valence-corrected chi connectivity index (χ0v) is 12.2. The molecule has 0 saturated heterocycles. The van der Waals surface area contributed by atoms with E-state index in [0.717, 1.165) is 5.56 Å². The molecule has 1 N–H and O–H groups in total. The highest BCUT2D eigenvalue weighted by Gasteiger charge is 2.21. The van der Waals surface area contributed by atoms with E-state index >= 15 is 0 Å². The highest BCUT2D eigenvalue weighted by Crippen LogP contribution is 2.22. The maximum Gasteiger partial charge on any atom is 0.251 e. The third-order valence-corrected chi connectivity index (χ3v) is 3.60. The van der Waals surface area contributed by atoms with Gasteiger partial charge in [0.2, 0.25) is 0 Å². The van der Waals surface area contributed by atoms with Gasteiger partial charge in [-0.25, -0.2) is 9.37 Å². The number of hydrogen-bond acceptors (Lipinski definition) is 3. The van der Waals surface area contributed by atoms with Crippen molar-refractivity contribution >= 4 is 11.6 Å². The topological polar surface area (TPSA) is 34.2 Å². The molecule has 0 amide bonds. The molecule has 1 aromatic heterocycles. The number of aromatic nitrogens is 1. The molecule has 1 heterocycles. The Morgan fingerprint density at radius 1 is 1.33 bits per heavy atom. The monoisotopic (exact) mass is 306 g/mol. The normalized spacial score (nSPS) is 14.2.